The van der Waals surface area contributed by atoms with E-state index in [9.17, 15) is 0 Å². The van der Waals surface area contributed by atoms with Gasteiger partial charge >= 0.3 is 0 Å². The summed E-state index contributed by atoms with van der Waals surface area (Å²) in [7, 11) is 0. The van der Waals surface area contributed by atoms with Gasteiger partial charge in [-0.2, -0.15) is 0 Å². The van der Waals surface area contributed by atoms with Crippen LogP contribution in [0.5, 0.6) is 0 Å². The predicted octanol–water partition coefficient (Wildman–Crippen LogP) is 2.69. The Bertz CT molecular complexity index is 430. The lowest BCUT2D eigenvalue weighted by molar-refractivity contribution is 0.0134. The summed E-state index contributed by atoms with van der Waals surface area (Å²) in [5, 5.41) is 3.39. The fourth-order valence-corrected chi connectivity index (χ4v) is 2.48. The van der Waals surface area contributed by atoms with Gasteiger partial charge in [0.1, 0.15) is 17.5 Å². The highest BCUT2D eigenvalue weighted by atomic mass is 16.5. The van der Waals surface area contributed by atoms with Crippen molar-refractivity contribution in [3.05, 3.63) is 11.4 Å². The standard InChI is InChI=1S/C15H26N4O/c1-3-6-13-18-14(16)11(2)15(19-13)17-9-8-12-7-4-5-10-20-12/h12H,3-10H2,1-2H3,(H3,16,17,18,19). The Labute approximate surface area is 121 Å². The van der Waals surface area contributed by atoms with Crippen molar-refractivity contribution in [1.82, 2.24) is 9.97 Å². The molecule has 20 heavy (non-hydrogen) atoms. The molecule has 0 saturated carbocycles. The molecular weight excluding hydrogens is 252 g/mol. The summed E-state index contributed by atoms with van der Waals surface area (Å²) in [6, 6.07) is 0. The maximum Gasteiger partial charge on any atom is 0.134 e. The van der Waals surface area contributed by atoms with Gasteiger partial charge in [0.05, 0.1) is 6.10 Å². The SMILES string of the molecule is CCCc1nc(N)c(C)c(NCCC2CCCCO2)n1. The van der Waals surface area contributed by atoms with E-state index in [1.807, 2.05) is 6.92 Å². The third-order valence-corrected chi connectivity index (χ3v) is 3.74. The number of nitrogens with zero attached hydrogens (tertiary/aromatic N) is 2. The number of nitrogens with two attached hydrogens (primary N) is 1. The van der Waals surface area contributed by atoms with Gasteiger partial charge in [0.15, 0.2) is 0 Å². The first-order chi connectivity index (χ1) is 9.70. The number of hydrogen-bond donors (Lipinski definition) is 2. The fourth-order valence-electron chi connectivity index (χ4n) is 2.48. The summed E-state index contributed by atoms with van der Waals surface area (Å²) in [5.74, 6) is 2.28. The minimum absolute atomic E-state index is 0.394. The largest absolute Gasteiger partial charge is 0.383 e. The summed E-state index contributed by atoms with van der Waals surface area (Å²) in [5.41, 5.74) is 6.89. The number of anilines is 2. The number of aryl methyl sites for hydroxylation is 1. The van der Waals surface area contributed by atoms with Gasteiger partial charge in [0.2, 0.25) is 0 Å². The van der Waals surface area contributed by atoms with E-state index in [0.717, 1.165) is 49.6 Å². The lowest BCUT2D eigenvalue weighted by Crippen LogP contribution is -2.22. The zero-order valence-electron chi connectivity index (χ0n) is 12.6. The number of hydrogen-bond acceptors (Lipinski definition) is 5. The lowest BCUT2D eigenvalue weighted by Gasteiger charge is -2.22. The molecule has 0 amide bonds. The molecule has 1 atom stereocenters. The van der Waals surface area contributed by atoms with Crippen molar-refractivity contribution in [1.29, 1.82) is 0 Å². The van der Waals surface area contributed by atoms with Crippen molar-refractivity contribution >= 4 is 11.6 Å². The average Bonchev–Trinajstić information content (AvgIpc) is 2.45. The molecule has 0 radical (unpaired) electrons. The predicted molar refractivity (Wildman–Crippen MR) is 81.9 cm³/mol. The van der Waals surface area contributed by atoms with Crippen LogP contribution in [0.2, 0.25) is 0 Å². The molecule has 1 fully saturated rings. The molecule has 5 heteroatoms. The van der Waals surface area contributed by atoms with Crippen LogP contribution in [-0.4, -0.2) is 29.2 Å². The molecule has 0 bridgehead atoms. The molecule has 0 aromatic carbocycles. The minimum Gasteiger partial charge on any atom is -0.383 e. The molecule has 1 aromatic heterocycles. The van der Waals surface area contributed by atoms with Crippen LogP contribution in [0.25, 0.3) is 0 Å². The number of rotatable bonds is 6. The number of nitrogen functional groups attached to an aromatic ring is 1. The van der Waals surface area contributed by atoms with E-state index in [4.69, 9.17) is 10.5 Å². The third kappa shape index (κ3) is 4.07. The Morgan fingerprint density at radius 3 is 2.90 bits per heavy atom. The molecule has 1 aliphatic heterocycles. The highest BCUT2D eigenvalue weighted by Gasteiger charge is 2.14. The average molecular weight is 278 g/mol. The van der Waals surface area contributed by atoms with E-state index in [-0.39, 0.29) is 0 Å². The van der Waals surface area contributed by atoms with E-state index in [2.05, 4.69) is 22.2 Å². The molecular formula is C15H26N4O. The van der Waals surface area contributed by atoms with Crippen molar-refractivity contribution in [3.63, 3.8) is 0 Å². The van der Waals surface area contributed by atoms with Gasteiger partial charge in [-0.25, -0.2) is 9.97 Å². The van der Waals surface area contributed by atoms with Crippen LogP contribution in [0.15, 0.2) is 0 Å². The van der Waals surface area contributed by atoms with Crippen molar-refractivity contribution in [2.24, 2.45) is 0 Å². The number of aromatic nitrogens is 2. The molecule has 112 valence electrons. The second-order valence-electron chi connectivity index (χ2n) is 5.45. The van der Waals surface area contributed by atoms with Crippen molar-refractivity contribution in [2.75, 3.05) is 24.2 Å². The van der Waals surface area contributed by atoms with E-state index in [1.54, 1.807) is 0 Å². The van der Waals surface area contributed by atoms with Gasteiger partial charge in [-0.1, -0.05) is 6.92 Å². The summed E-state index contributed by atoms with van der Waals surface area (Å²) in [6.45, 7) is 5.86. The van der Waals surface area contributed by atoms with Crippen molar-refractivity contribution in [3.8, 4) is 0 Å². The van der Waals surface area contributed by atoms with Gasteiger partial charge < -0.3 is 15.8 Å². The van der Waals surface area contributed by atoms with E-state index in [1.165, 1.54) is 19.3 Å². The van der Waals surface area contributed by atoms with E-state index < -0.39 is 0 Å². The van der Waals surface area contributed by atoms with Crippen molar-refractivity contribution < 1.29 is 4.74 Å². The second-order valence-corrected chi connectivity index (χ2v) is 5.45. The molecule has 3 N–H and O–H groups in total. The van der Waals surface area contributed by atoms with E-state index >= 15 is 0 Å². The monoisotopic (exact) mass is 278 g/mol. The van der Waals surface area contributed by atoms with Crippen LogP contribution < -0.4 is 11.1 Å². The molecule has 1 unspecified atom stereocenters. The number of nitrogens with one attached hydrogen (secondary N) is 1. The Morgan fingerprint density at radius 1 is 1.35 bits per heavy atom. The third-order valence-electron chi connectivity index (χ3n) is 3.74. The summed E-state index contributed by atoms with van der Waals surface area (Å²) >= 11 is 0. The van der Waals surface area contributed by atoms with Crippen LogP contribution in [0.4, 0.5) is 11.6 Å². The molecule has 0 aliphatic carbocycles. The Morgan fingerprint density at radius 2 is 2.20 bits per heavy atom. The molecule has 1 aromatic rings. The topological polar surface area (TPSA) is 73.1 Å². The van der Waals surface area contributed by atoms with Gasteiger partial charge in [-0.05, 0) is 39.0 Å². The Balaban J connectivity index is 1.90. The lowest BCUT2D eigenvalue weighted by atomic mass is 10.1. The van der Waals surface area contributed by atoms with Crippen LogP contribution in [0.1, 0.15) is 50.4 Å². The fraction of sp³-hybridized carbons (Fsp3) is 0.733. The zero-order valence-corrected chi connectivity index (χ0v) is 12.6. The maximum absolute atomic E-state index is 5.95. The quantitative estimate of drug-likeness (QED) is 0.837. The first-order valence-electron chi connectivity index (χ1n) is 7.69. The summed E-state index contributed by atoms with van der Waals surface area (Å²) in [4.78, 5) is 8.89. The van der Waals surface area contributed by atoms with Crippen LogP contribution >= 0.6 is 0 Å². The number of ether oxygens (including phenoxy) is 1. The molecule has 2 heterocycles. The minimum atomic E-state index is 0.394. The molecule has 1 saturated heterocycles. The molecule has 2 rings (SSSR count). The van der Waals surface area contributed by atoms with Gasteiger partial charge in [0, 0.05) is 25.1 Å². The van der Waals surface area contributed by atoms with Gasteiger partial charge in [0.25, 0.3) is 0 Å². The first kappa shape index (κ1) is 15.0. The maximum atomic E-state index is 5.95. The molecule has 5 nitrogen and oxygen atoms in total. The van der Waals surface area contributed by atoms with Crippen LogP contribution in [0, 0.1) is 6.92 Å². The second kappa shape index (κ2) is 7.43. The molecule has 0 spiro atoms. The normalized spacial score (nSPS) is 19.0. The van der Waals surface area contributed by atoms with Crippen LogP contribution in [-0.2, 0) is 11.2 Å². The highest BCUT2D eigenvalue weighted by Crippen LogP contribution is 2.19. The van der Waals surface area contributed by atoms with Crippen LogP contribution in [0.3, 0.4) is 0 Å². The first-order valence-corrected chi connectivity index (χ1v) is 7.69. The van der Waals surface area contributed by atoms with Crippen molar-refractivity contribution in [2.45, 2.75) is 58.5 Å². The Hall–Kier alpha value is -1.36. The smallest absolute Gasteiger partial charge is 0.134 e. The van der Waals surface area contributed by atoms with E-state index in [0.29, 0.717) is 11.9 Å². The summed E-state index contributed by atoms with van der Waals surface area (Å²) in [6.07, 6.45) is 6.96. The zero-order chi connectivity index (χ0) is 14.4. The molecule has 1 aliphatic rings. The highest BCUT2D eigenvalue weighted by molar-refractivity contribution is 5.54. The summed E-state index contributed by atoms with van der Waals surface area (Å²) < 4.78 is 5.73. The Kier molecular flexibility index (Phi) is 5.59. The van der Waals surface area contributed by atoms with Gasteiger partial charge in [-0.15, -0.1) is 0 Å². The van der Waals surface area contributed by atoms with Gasteiger partial charge in [-0.3, -0.25) is 0 Å².